The van der Waals surface area contributed by atoms with E-state index in [1.54, 1.807) is 42.5 Å². The lowest BCUT2D eigenvalue weighted by Crippen LogP contribution is -2.32. The molecule has 1 aliphatic rings. The quantitative estimate of drug-likeness (QED) is 0.145. The Balaban J connectivity index is 1.46. The molecule has 0 bridgehead atoms. The van der Waals surface area contributed by atoms with Gasteiger partial charge in [0.2, 0.25) is 0 Å². The Bertz CT molecular complexity index is 1530. The van der Waals surface area contributed by atoms with Crippen molar-refractivity contribution in [2.45, 2.75) is 26.7 Å². The second-order valence-corrected chi connectivity index (χ2v) is 9.35. The highest BCUT2D eigenvalue weighted by molar-refractivity contribution is 6.53. The molecule has 0 saturated carbocycles. The molecule has 3 aromatic rings. The SMILES string of the molecule is CCCCOC(=O)c1ccc(N2C(=O)C(Cl)=C(Nc3cccc(C(=O)Nc4cccc(C(C)=O)c4)c3)C2=O)cc1. The molecule has 0 aromatic heterocycles. The largest absolute Gasteiger partial charge is 0.462 e. The van der Waals surface area contributed by atoms with Gasteiger partial charge < -0.3 is 15.4 Å². The molecule has 0 radical (unpaired) electrons. The summed E-state index contributed by atoms with van der Waals surface area (Å²) >= 11 is 6.24. The molecule has 0 fully saturated rings. The molecule has 0 saturated heterocycles. The van der Waals surface area contributed by atoms with E-state index in [0.29, 0.717) is 29.1 Å². The monoisotopic (exact) mass is 559 g/mol. The van der Waals surface area contributed by atoms with Gasteiger partial charge in [0.15, 0.2) is 5.78 Å². The fourth-order valence-electron chi connectivity index (χ4n) is 3.89. The highest BCUT2D eigenvalue weighted by atomic mass is 35.5. The summed E-state index contributed by atoms with van der Waals surface area (Å²) in [5, 5.41) is 5.27. The van der Waals surface area contributed by atoms with Gasteiger partial charge in [-0.05, 0) is 67.9 Å². The number of esters is 1. The molecule has 3 aromatic carbocycles. The van der Waals surface area contributed by atoms with Crippen LogP contribution in [0.4, 0.5) is 17.1 Å². The summed E-state index contributed by atoms with van der Waals surface area (Å²) in [7, 11) is 0. The molecule has 40 heavy (non-hydrogen) atoms. The maximum Gasteiger partial charge on any atom is 0.338 e. The standard InChI is InChI=1S/C30H26ClN3O6/c1-3-4-15-40-30(39)19-11-13-24(14-12-19)34-28(37)25(31)26(29(34)38)32-22-9-6-8-21(17-22)27(36)33-23-10-5-7-20(16-23)18(2)35/h5-14,16-17,32H,3-4,15H2,1-2H3,(H,33,36). The number of ketones is 1. The first kappa shape index (κ1) is 28.3. The Morgan fingerprint density at radius 3 is 2.17 bits per heavy atom. The third-order valence-corrected chi connectivity index (χ3v) is 6.39. The van der Waals surface area contributed by atoms with E-state index in [4.69, 9.17) is 16.3 Å². The number of imide groups is 1. The van der Waals surface area contributed by atoms with Crippen LogP contribution in [0.25, 0.3) is 0 Å². The number of ether oxygens (including phenoxy) is 1. The molecule has 1 aliphatic heterocycles. The molecule has 9 nitrogen and oxygen atoms in total. The number of carbonyl (C=O) groups excluding carboxylic acids is 5. The van der Waals surface area contributed by atoms with Crippen molar-refractivity contribution in [2.24, 2.45) is 0 Å². The highest BCUT2D eigenvalue weighted by Gasteiger charge is 2.39. The number of carbonyl (C=O) groups is 5. The molecule has 4 rings (SSSR count). The van der Waals surface area contributed by atoms with E-state index in [9.17, 15) is 24.0 Å². The summed E-state index contributed by atoms with van der Waals surface area (Å²) in [5.74, 6) is -2.48. The van der Waals surface area contributed by atoms with E-state index in [1.165, 1.54) is 37.3 Å². The number of hydrogen-bond acceptors (Lipinski definition) is 7. The van der Waals surface area contributed by atoms with Crippen LogP contribution >= 0.6 is 11.6 Å². The van der Waals surface area contributed by atoms with Crippen molar-refractivity contribution >= 4 is 58.1 Å². The molecule has 0 atom stereocenters. The number of hydrogen-bond donors (Lipinski definition) is 2. The van der Waals surface area contributed by atoms with Gasteiger partial charge in [-0.25, -0.2) is 9.69 Å². The molecule has 2 N–H and O–H groups in total. The summed E-state index contributed by atoms with van der Waals surface area (Å²) in [6.07, 6.45) is 1.65. The Kier molecular flexibility index (Phi) is 8.76. The molecule has 1 heterocycles. The molecule has 204 valence electrons. The number of Topliss-reactive ketones (excluding diaryl/α,β-unsaturated/α-hetero) is 1. The van der Waals surface area contributed by atoms with Crippen LogP contribution in [-0.2, 0) is 14.3 Å². The van der Waals surface area contributed by atoms with E-state index in [0.717, 1.165) is 17.7 Å². The number of halogens is 1. The van der Waals surface area contributed by atoms with Crippen molar-refractivity contribution in [1.82, 2.24) is 0 Å². The van der Waals surface area contributed by atoms with Crippen LogP contribution in [0.3, 0.4) is 0 Å². The summed E-state index contributed by atoms with van der Waals surface area (Å²) in [5.41, 5.74) is 1.91. The molecular formula is C30H26ClN3O6. The number of anilines is 3. The summed E-state index contributed by atoms with van der Waals surface area (Å²) in [6, 6.07) is 18.7. The molecule has 10 heteroatoms. The van der Waals surface area contributed by atoms with Gasteiger partial charge in [-0.15, -0.1) is 0 Å². The zero-order chi connectivity index (χ0) is 28.8. The van der Waals surface area contributed by atoms with Gasteiger partial charge in [0.25, 0.3) is 17.7 Å². The third-order valence-electron chi connectivity index (χ3n) is 6.04. The van der Waals surface area contributed by atoms with Crippen molar-refractivity contribution in [3.63, 3.8) is 0 Å². The van der Waals surface area contributed by atoms with Crippen molar-refractivity contribution in [3.05, 3.63) is 100 Å². The first-order valence-electron chi connectivity index (χ1n) is 12.5. The van der Waals surface area contributed by atoms with Gasteiger partial charge in [-0.2, -0.15) is 0 Å². The minimum atomic E-state index is -0.730. The second kappa shape index (κ2) is 12.4. The summed E-state index contributed by atoms with van der Waals surface area (Å²) in [4.78, 5) is 63.5. The maximum atomic E-state index is 13.2. The van der Waals surface area contributed by atoms with Crippen molar-refractivity contribution in [1.29, 1.82) is 0 Å². The van der Waals surface area contributed by atoms with Gasteiger partial charge in [-0.1, -0.05) is 43.1 Å². The minimum Gasteiger partial charge on any atom is -0.462 e. The van der Waals surface area contributed by atoms with Gasteiger partial charge >= 0.3 is 5.97 Å². The lowest BCUT2D eigenvalue weighted by molar-refractivity contribution is -0.120. The van der Waals surface area contributed by atoms with Crippen LogP contribution in [0, 0.1) is 0 Å². The van der Waals surface area contributed by atoms with E-state index < -0.39 is 23.7 Å². The molecule has 0 unspecified atom stereocenters. The van der Waals surface area contributed by atoms with Crippen LogP contribution in [0.5, 0.6) is 0 Å². The van der Waals surface area contributed by atoms with E-state index in [1.807, 2.05) is 6.92 Å². The second-order valence-electron chi connectivity index (χ2n) is 8.97. The summed E-state index contributed by atoms with van der Waals surface area (Å²) in [6.45, 7) is 3.73. The van der Waals surface area contributed by atoms with Crippen LogP contribution in [-0.4, -0.2) is 36.1 Å². The molecule has 0 aliphatic carbocycles. The first-order valence-corrected chi connectivity index (χ1v) is 12.9. The van der Waals surface area contributed by atoms with Crippen molar-refractivity contribution in [2.75, 3.05) is 22.1 Å². The molecule has 3 amide bonds. The molecule has 0 spiro atoms. The van der Waals surface area contributed by atoms with Gasteiger partial charge in [0.1, 0.15) is 10.7 Å². The van der Waals surface area contributed by atoms with Gasteiger partial charge in [0, 0.05) is 22.5 Å². The Labute approximate surface area is 235 Å². The average Bonchev–Trinajstić information content (AvgIpc) is 3.16. The number of unbranched alkanes of at least 4 members (excludes halogenated alkanes) is 1. The maximum absolute atomic E-state index is 13.2. The Morgan fingerprint density at radius 1 is 0.850 bits per heavy atom. The van der Waals surface area contributed by atoms with Crippen LogP contribution in [0.2, 0.25) is 0 Å². The first-order chi connectivity index (χ1) is 19.2. The number of nitrogens with one attached hydrogen (secondary N) is 2. The fraction of sp³-hybridized carbons (Fsp3) is 0.167. The zero-order valence-electron chi connectivity index (χ0n) is 21.8. The minimum absolute atomic E-state index is 0.127. The number of benzene rings is 3. The highest BCUT2D eigenvalue weighted by Crippen LogP contribution is 2.30. The lowest BCUT2D eigenvalue weighted by atomic mass is 10.1. The topological polar surface area (TPSA) is 122 Å². The van der Waals surface area contributed by atoms with E-state index in [-0.39, 0.29) is 27.8 Å². The van der Waals surface area contributed by atoms with Crippen LogP contribution < -0.4 is 15.5 Å². The fourth-order valence-corrected chi connectivity index (χ4v) is 4.10. The number of rotatable bonds is 10. The Hall–Kier alpha value is -4.76. The zero-order valence-corrected chi connectivity index (χ0v) is 22.6. The molecular weight excluding hydrogens is 534 g/mol. The Morgan fingerprint density at radius 2 is 1.50 bits per heavy atom. The number of nitrogens with zero attached hydrogens (tertiary/aromatic N) is 1. The van der Waals surface area contributed by atoms with Crippen molar-refractivity contribution < 1.29 is 28.7 Å². The number of amides is 3. The van der Waals surface area contributed by atoms with Crippen LogP contribution in [0.15, 0.2) is 83.5 Å². The smallest absolute Gasteiger partial charge is 0.338 e. The summed E-state index contributed by atoms with van der Waals surface area (Å²) < 4.78 is 5.18. The normalized spacial score (nSPS) is 12.9. The van der Waals surface area contributed by atoms with Crippen molar-refractivity contribution in [3.8, 4) is 0 Å². The van der Waals surface area contributed by atoms with E-state index >= 15 is 0 Å². The predicted octanol–water partition coefficient (Wildman–Crippen LogP) is 5.53. The lowest BCUT2D eigenvalue weighted by Gasteiger charge is -2.15. The van der Waals surface area contributed by atoms with Gasteiger partial charge in [-0.3, -0.25) is 19.2 Å². The predicted molar refractivity (Wildman–Crippen MR) is 151 cm³/mol. The van der Waals surface area contributed by atoms with Crippen LogP contribution in [0.1, 0.15) is 57.8 Å². The third kappa shape index (κ3) is 6.27. The average molecular weight is 560 g/mol. The van der Waals surface area contributed by atoms with E-state index in [2.05, 4.69) is 10.6 Å². The van der Waals surface area contributed by atoms with Gasteiger partial charge in [0.05, 0.1) is 17.9 Å².